The van der Waals surface area contributed by atoms with Crippen LogP contribution in [0, 0.1) is 6.92 Å². The Bertz CT molecular complexity index is 544. The van der Waals surface area contributed by atoms with Gasteiger partial charge in [0.25, 0.3) is 0 Å². The van der Waals surface area contributed by atoms with E-state index in [1.54, 1.807) is 0 Å². The number of benzene rings is 2. The Kier molecular flexibility index (Phi) is 3.79. The highest BCUT2D eigenvalue weighted by molar-refractivity contribution is 5.30. The predicted molar refractivity (Wildman–Crippen MR) is 67.0 cm³/mol. The fourth-order valence-electron chi connectivity index (χ4n) is 1.67. The van der Waals surface area contributed by atoms with Crippen molar-refractivity contribution >= 4 is 0 Å². The molecule has 2 aromatic carbocycles. The molecule has 1 nitrogen and oxygen atoms in total. The highest BCUT2D eigenvalue weighted by atomic mass is 19.4. The first-order valence-corrected chi connectivity index (χ1v) is 5.81. The summed E-state index contributed by atoms with van der Waals surface area (Å²) in [5.41, 5.74) is 1.44. The summed E-state index contributed by atoms with van der Waals surface area (Å²) >= 11 is 0. The first-order valence-electron chi connectivity index (χ1n) is 5.81. The van der Waals surface area contributed by atoms with Crippen molar-refractivity contribution in [1.82, 2.24) is 0 Å². The molecule has 0 bridgehead atoms. The van der Waals surface area contributed by atoms with Gasteiger partial charge in [-0.05, 0) is 42.3 Å². The Labute approximate surface area is 109 Å². The van der Waals surface area contributed by atoms with E-state index in [0.717, 1.165) is 23.3 Å². The molecule has 0 aromatic heterocycles. The normalized spacial score (nSPS) is 11.4. The minimum Gasteiger partial charge on any atom is -0.489 e. The van der Waals surface area contributed by atoms with Crippen LogP contribution in [-0.2, 0) is 12.8 Å². The molecule has 100 valence electrons. The van der Waals surface area contributed by atoms with Gasteiger partial charge in [0.15, 0.2) is 0 Å². The van der Waals surface area contributed by atoms with Gasteiger partial charge in [0.05, 0.1) is 5.56 Å². The Balaban J connectivity index is 2.03. The van der Waals surface area contributed by atoms with Crippen LogP contribution in [0.15, 0.2) is 48.5 Å². The summed E-state index contributed by atoms with van der Waals surface area (Å²) in [6.07, 6.45) is -4.31. The summed E-state index contributed by atoms with van der Waals surface area (Å²) in [7, 11) is 0. The van der Waals surface area contributed by atoms with E-state index in [-0.39, 0.29) is 0 Å². The van der Waals surface area contributed by atoms with Gasteiger partial charge in [-0.25, -0.2) is 0 Å². The number of hydrogen-bond acceptors (Lipinski definition) is 1. The maximum atomic E-state index is 12.4. The zero-order valence-corrected chi connectivity index (χ0v) is 10.4. The van der Waals surface area contributed by atoms with E-state index < -0.39 is 11.7 Å². The minimum atomic E-state index is -4.31. The molecule has 0 saturated heterocycles. The fourth-order valence-corrected chi connectivity index (χ4v) is 1.67. The summed E-state index contributed by atoms with van der Waals surface area (Å²) in [6.45, 7) is 2.31. The van der Waals surface area contributed by atoms with Crippen LogP contribution in [0.3, 0.4) is 0 Å². The van der Waals surface area contributed by atoms with Crippen LogP contribution in [0.25, 0.3) is 0 Å². The number of alkyl halides is 3. The predicted octanol–water partition coefficient (Wildman–Crippen LogP) is 4.59. The van der Waals surface area contributed by atoms with Crippen LogP contribution < -0.4 is 4.74 Å². The molecular weight excluding hydrogens is 253 g/mol. The Morgan fingerprint density at radius 3 is 2.16 bits per heavy atom. The van der Waals surface area contributed by atoms with Gasteiger partial charge in [-0.15, -0.1) is 0 Å². The van der Waals surface area contributed by atoms with E-state index in [9.17, 15) is 13.2 Å². The second kappa shape index (κ2) is 5.34. The second-order valence-electron chi connectivity index (χ2n) is 4.24. The molecule has 0 heterocycles. The molecule has 4 heteroatoms. The molecule has 0 saturated carbocycles. The van der Waals surface area contributed by atoms with Crippen LogP contribution in [0.2, 0.25) is 0 Å². The van der Waals surface area contributed by atoms with Crippen LogP contribution in [0.5, 0.6) is 5.75 Å². The molecule has 0 aliphatic rings. The molecule has 2 aromatic rings. The second-order valence-corrected chi connectivity index (χ2v) is 4.24. The lowest BCUT2D eigenvalue weighted by molar-refractivity contribution is -0.137. The molecule has 0 atom stereocenters. The Morgan fingerprint density at radius 2 is 1.58 bits per heavy atom. The first kappa shape index (κ1) is 13.5. The van der Waals surface area contributed by atoms with Gasteiger partial charge in [-0.3, -0.25) is 0 Å². The molecule has 0 spiro atoms. The van der Waals surface area contributed by atoms with E-state index in [1.807, 2.05) is 31.2 Å². The Hall–Kier alpha value is -1.97. The molecule has 0 fully saturated rings. The van der Waals surface area contributed by atoms with Crippen molar-refractivity contribution in [2.45, 2.75) is 19.7 Å². The smallest absolute Gasteiger partial charge is 0.416 e. The number of rotatable bonds is 3. The number of hydrogen-bond donors (Lipinski definition) is 0. The van der Waals surface area contributed by atoms with Crippen molar-refractivity contribution in [2.75, 3.05) is 0 Å². The highest BCUT2D eigenvalue weighted by Gasteiger charge is 2.29. The minimum absolute atomic E-state index is 0.345. The fraction of sp³-hybridized carbons (Fsp3) is 0.200. The van der Waals surface area contributed by atoms with E-state index in [1.165, 1.54) is 12.1 Å². The molecule has 0 aliphatic carbocycles. The third-order valence-corrected chi connectivity index (χ3v) is 2.84. The van der Waals surface area contributed by atoms with E-state index in [0.29, 0.717) is 12.4 Å². The summed E-state index contributed by atoms with van der Waals surface area (Å²) < 4.78 is 42.6. The van der Waals surface area contributed by atoms with Crippen LogP contribution in [-0.4, -0.2) is 0 Å². The topological polar surface area (TPSA) is 9.23 Å². The number of aryl methyl sites for hydroxylation is 1. The lowest BCUT2D eigenvalue weighted by Crippen LogP contribution is -2.04. The molecule has 0 unspecified atom stereocenters. The molecule has 0 aliphatic heterocycles. The van der Waals surface area contributed by atoms with Gasteiger partial charge in [0.2, 0.25) is 0 Å². The lowest BCUT2D eigenvalue weighted by atomic mass is 10.1. The summed E-state index contributed by atoms with van der Waals surface area (Å²) in [6, 6.07) is 12.4. The largest absolute Gasteiger partial charge is 0.489 e. The highest BCUT2D eigenvalue weighted by Crippen LogP contribution is 2.30. The van der Waals surface area contributed by atoms with Crippen molar-refractivity contribution < 1.29 is 17.9 Å². The van der Waals surface area contributed by atoms with Gasteiger partial charge in [0, 0.05) is 0 Å². The maximum absolute atomic E-state index is 12.4. The van der Waals surface area contributed by atoms with Gasteiger partial charge >= 0.3 is 6.18 Å². The molecule has 19 heavy (non-hydrogen) atoms. The monoisotopic (exact) mass is 266 g/mol. The zero-order valence-electron chi connectivity index (χ0n) is 10.4. The van der Waals surface area contributed by atoms with E-state index >= 15 is 0 Å². The lowest BCUT2D eigenvalue weighted by Gasteiger charge is -2.10. The van der Waals surface area contributed by atoms with Crippen molar-refractivity contribution in [3.8, 4) is 5.75 Å². The molecule has 0 radical (unpaired) electrons. The molecule has 0 N–H and O–H groups in total. The van der Waals surface area contributed by atoms with Crippen molar-refractivity contribution in [3.63, 3.8) is 0 Å². The van der Waals surface area contributed by atoms with E-state index in [2.05, 4.69) is 0 Å². The van der Waals surface area contributed by atoms with Gasteiger partial charge < -0.3 is 4.74 Å². The third kappa shape index (κ3) is 3.50. The SMILES string of the molecule is Cc1ccccc1COc1ccc(C(F)(F)F)cc1. The number of halogens is 3. The first-order chi connectivity index (χ1) is 8.97. The van der Waals surface area contributed by atoms with Crippen molar-refractivity contribution in [1.29, 1.82) is 0 Å². The van der Waals surface area contributed by atoms with Crippen LogP contribution in [0.1, 0.15) is 16.7 Å². The van der Waals surface area contributed by atoms with Crippen molar-refractivity contribution in [3.05, 3.63) is 65.2 Å². The molecular formula is C15H13F3O. The van der Waals surface area contributed by atoms with Gasteiger partial charge in [-0.1, -0.05) is 24.3 Å². The summed E-state index contributed by atoms with van der Waals surface area (Å²) in [5.74, 6) is 0.427. The molecule has 2 rings (SSSR count). The van der Waals surface area contributed by atoms with Crippen LogP contribution in [0.4, 0.5) is 13.2 Å². The van der Waals surface area contributed by atoms with Crippen LogP contribution >= 0.6 is 0 Å². The standard InChI is InChI=1S/C15H13F3O/c1-11-4-2-3-5-12(11)10-19-14-8-6-13(7-9-14)15(16,17)18/h2-9H,10H2,1H3. The average Bonchev–Trinajstić information content (AvgIpc) is 2.37. The summed E-state index contributed by atoms with van der Waals surface area (Å²) in [5, 5.41) is 0. The quantitative estimate of drug-likeness (QED) is 0.789. The summed E-state index contributed by atoms with van der Waals surface area (Å²) in [4.78, 5) is 0. The maximum Gasteiger partial charge on any atom is 0.416 e. The Morgan fingerprint density at radius 1 is 0.947 bits per heavy atom. The third-order valence-electron chi connectivity index (χ3n) is 2.84. The molecule has 0 amide bonds. The number of ether oxygens (including phenoxy) is 1. The average molecular weight is 266 g/mol. The van der Waals surface area contributed by atoms with Crippen molar-refractivity contribution in [2.24, 2.45) is 0 Å². The van der Waals surface area contributed by atoms with E-state index in [4.69, 9.17) is 4.74 Å². The van der Waals surface area contributed by atoms with Gasteiger partial charge in [-0.2, -0.15) is 13.2 Å². The van der Waals surface area contributed by atoms with Gasteiger partial charge in [0.1, 0.15) is 12.4 Å². The zero-order chi connectivity index (χ0) is 13.9.